The minimum absolute atomic E-state index is 0.0651. The predicted octanol–water partition coefficient (Wildman–Crippen LogP) is 1.80. The van der Waals surface area contributed by atoms with Crippen molar-refractivity contribution < 1.29 is 44.8 Å². The second-order valence-corrected chi connectivity index (χ2v) is 10.4. The first-order valence-corrected chi connectivity index (χ1v) is 12.5. The largest absolute Gasteiger partial charge is 0.516 e. The van der Waals surface area contributed by atoms with Gasteiger partial charge in [-0.25, -0.2) is 18.5 Å². The second-order valence-electron chi connectivity index (χ2n) is 7.79. The number of amides is 3. The molecule has 0 aliphatic carbocycles. The van der Waals surface area contributed by atoms with Crippen LogP contribution < -0.4 is 10.0 Å². The van der Waals surface area contributed by atoms with Crippen molar-refractivity contribution in [2.24, 2.45) is 0 Å². The number of nitriles is 1. The summed E-state index contributed by atoms with van der Waals surface area (Å²) in [7, 11) is -5.85. The Hall–Kier alpha value is -3.65. The van der Waals surface area contributed by atoms with Crippen LogP contribution >= 0.6 is 11.3 Å². The molecule has 1 aromatic carbocycles. The monoisotopic (exact) mass is 565 g/mol. The molecule has 3 amide bonds. The molecule has 1 saturated heterocycles. The summed E-state index contributed by atoms with van der Waals surface area (Å²) in [5.74, 6) is -6.26. The highest BCUT2D eigenvalue weighted by Crippen LogP contribution is 2.31. The number of likely N-dealkylation sites (tertiary alicyclic amines) is 1. The SMILES string of the molecule is N#C[C@@H]1CC(F)(F)CN1C(=O)CNC(=O)c1csc(Cc2ccc(C(=O)NS(=O)(=O)C(F)(F)F)cc2)n1. The van der Waals surface area contributed by atoms with Crippen LogP contribution in [0.15, 0.2) is 29.6 Å². The predicted molar refractivity (Wildman–Crippen MR) is 117 cm³/mol. The van der Waals surface area contributed by atoms with Crippen molar-refractivity contribution in [3.63, 3.8) is 0 Å². The van der Waals surface area contributed by atoms with E-state index < -0.39 is 64.7 Å². The van der Waals surface area contributed by atoms with Crippen molar-refractivity contribution in [1.82, 2.24) is 19.9 Å². The molecular weight excluding hydrogens is 549 g/mol. The lowest BCUT2D eigenvalue weighted by molar-refractivity contribution is -0.131. The van der Waals surface area contributed by atoms with E-state index in [1.54, 1.807) is 6.07 Å². The molecule has 3 rings (SSSR count). The van der Waals surface area contributed by atoms with Crippen LogP contribution in [0.5, 0.6) is 0 Å². The fourth-order valence-corrected chi connectivity index (χ4v) is 4.51. The Morgan fingerprint density at radius 2 is 1.84 bits per heavy atom. The molecule has 37 heavy (non-hydrogen) atoms. The molecule has 10 nitrogen and oxygen atoms in total. The van der Waals surface area contributed by atoms with Gasteiger partial charge >= 0.3 is 15.5 Å². The lowest BCUT2D eigenvalue weighted by atomic mass is 10.1. The smallest absolute Gasteiger partial charge is 0.342 e. The minimum atomic E-state index is -5.85. The molecule has 0 bridgehead atoms. The maximum Gasteiger partial charge on any atom is 0.516 e. The molecule has 2 heterocycles. The van der Waals surface area contributed by atoms with E-state index in [0.29, 0.717) is 15.5 Å². The van der Waals surface area contributed by atoms with Gasteiger partial charge in [0.1, 0.15) is 11.7 Å². The summed E-state index contributed by atoms with van der Waals surface area (Å²) in [6.07, 6.45) is -0.636. The molecule has 0 spiro atoms. The Labute approximate surface area is 210 Å². The number of nitrogens with one attached hydrogen (secondary N) is 2. The number of hydrogen-bond donors (Lipinski definition) is 2. The lowest BCUT2D eigenvalue weighted by Gasteiger charge is -2.19. The van der Waals surface area contributed by atoms with E-state index in [2.05, 4.69) is 10.3 Å². The van der Waals surface area contributed by atoms with Crippen LogP contribution in [0.3, 0.4) is 0 Å². The summed E-state index contributed by atoms with van der Waals surface area (Å²) in [5, 5.41) is 13.0. The van der Waals surface area contributed by atoms with Gasteiger partial charge in [-0.15, -0.1) is 11.3 Å². The molecule has 17 heteroatoms. The van der Waals surface area contributed by atoms with E-state index in [1.165, 1.54) is 17.5 Å². The Kier molecular flexibility index (Phi) is 7.83. The van der Waals surface area contributed by atoms with Crippen LogP contribution in [0.4, 0.5) is 22.0 Å². The summed E-state index contributed by atoms with van der Waals surface area (Å²) < 4.78 is 87.2. The Balaban J connectivity index is 1.55. The first-order valence-electron chi connectivity index (χ1n) is 10.1. The number of carbonyl (C=O) groups is 3. The van der Waals surface area contributed by atoms with Gasteiger partial charge in [-0.3, -0.25) is 14.4 Å². The van der Waals surface area contributed by atoms with Crippen LogP contribution in [0.25, 0.3) is 0 Å². The molecular formula is C20H16F5N5O5S2. The quantitative estimate of drug-likeness (QED) is 0.486. The van der Waals surface area contributed by atoms with Crippen molar-refractivity contribution in [1.29, 1.82) is 5.26 Å². The zero-order valence-electron chi connectivity index (χ0n) is 18.4. The number of carbonyl (C=O) groups excluding carboxylic acids is 3. The van der Waals surface area contributed by atoms with E-state index in [0.717, 1.165) is 28.2 Å². The van der Waals surface area contributed by atoms with Crippen molar-refractivity contribution >= 4 is 39.1 Å². The van der Waals surface area contributed by atoms with E-state index in [1.807, 2.05) is 0 Å². The third-order valence-electron chi connectivity index (χ3n) is 5.03. The maximum atomic E-state index is 13.5. The van der Waals surface area contributed by atoms with Crippen molar-refractivity contribution in [2.75, 3.05) is 13.1 Å². The van der Waals surface area contributed by atoms with Gasteiger partial charge in [0.15, 0.2) is 0 Å². The lowest BCUT2D eigenvalue weighted by Crippen LogP contribution is -2.43. The fraction of sp³-hybridized carbons (Fsp3) is 0.350. The summed E-state index contributed by atoms with van der Waals surface area (Å²) in [6, 6.07) is 5.26. The average molecular weight is 566 g/mol. The molecule has 0 radical (unpaired) electrons. The number of benzene rings is 1. The molecule has 198 valence electrons. The zero-order chi connectivity index (χ0) is 27.6. The number of nitrogens with zero attached hydrogens (tertiary/aromatic N) is 3. The molecule has 2 N–H and O–H groups in total. The van der Waals surface area contributed by atoms with Gasteiger partial charge in [0, 0.05) is 23.8 Å². The van der Waals surface area contributed by atoms with Crippen LogP contribution in [-0.4, -0.2) is 66.6 Å². The van der Waals surface area contributed by atoms with Crippen LogP contribution in [0, 0.1) is 11.3 Å². The van der Waals surface area contributed by atoms with Crippen LogP contribution in [0.1, 0.15) is 37.8 Å². The number of hydrogen-bond acceptors (Lipinski definition) is 8. The topological polar surface area (TPSA) is 149 Å². The van der Waals surface area contributed by atoms with E-state index >= 15 is 0 Å². The van der Waals surface area contributed by atoms with E-state index in [-0.39, 0.29) is 17.7 Å². The summed E-state index contributed by atoms with van der Waals surface area (Å²) in [5.41, 5.74) is -5.52. The Bertz CT molecular complexity index is 1350. The average Bonchev–Trinajstić information content (AvgIpc) is 3.40. The molecule has 1 aromatic heterocycles. The normalized spacial score (nSPS) is 17.2. The van der Waals surface area contributed by atoms with Gasteiger partial charge in [-0.05, 0) is 17.7 Å². The van der Waals surface area contributed by atoms with Crippen molar-refractivity contribution in [3.05, 3.63) is 51.5 Å². The summed E-state index contributed by atoms with van der Waals surface area (Å²) in [6.45, 7) is -1.53. The Morgan fingerprint density at radius 1 is 1.19 bits per heavy atom. The van der Waals surface area contributed by atoms with Gasteiger partial charge in [0.2, 0.25) is 5.91 Å². The number of aromatic nitrogens is 1. The first-order chi connectivity index (χ1) is 17.1. The fourth-order valence-electron chi connectivity index (χ4n) is 3.23. The molecule has 1 fully saturated rings. The molecule has 0 unspecified atom stereocenters. The third kappa shape index (κ3) is 6.77. The molecule has 1 atom stereocenters. The number of rotatable bonds is 7. The van der Waals surface area contributed by atoms with Crippen LogP contribution in [0.2, 0.25) is 0 Å². The number of alkyl halides is 5. The van der Waals surface area contributed by atoms with E-state index in [9.17, 15) is 44.8 Å². The van der Waals surface area contributed by atoms with Crippen molar-refractivity contribution in [3.8, 4) is 6.07 Å². The highest BCUT2D eigenvalue weighted by atomic mass is 32.2. The Morgan fingerprint density at radius 3 is 2.43 bits per heavy atom. The number of sulfonamides is 1. The summed E-state index contributed by atoms with van der Waals surface area (Å²) >= 11 is 1.06. The minimum Gasteiger partial charge on any atom is -0.342 e. The second kappa shape index (κ2) is 10.4. The molecule has 0 saturated carbocycles. The third-order valence-corrected chi connectivity index (χ3v) is 6.94. The van der Waals surface area contributed by atoms with Gasteiger partial charge in [0.05, 0.1) is 24.2 Å². The van der Waals surface area contributed by atoms with Gasteiger partial charge < -0.3 is 10.2 Å². The first kappa shape index (κ1) is 27.9. The van der Waals surface area contributed by atoms with E-state index in [4.69, 9.17) is 5.26 Å². The van der Waals surface area contributed by atoms with Crippen LogP contribution in [-0.2, 0) is 21.2 Å². The zero-order valence-corrected chi connectivity index (χ0v) is 20.0. The molecule has 1 aliphatic rings. The highest BCUT2D eigenvalue weighted by molar-refractivity contribution is 7.90. The molecule has 1 aliphatic heterocycles. The van der Waals surface area contributed by atoms with Gasteiger partial charge in [-0.2, -0.15) is 26.9 Å². The highest BCUT2D eigenvalue weighted by Gasteiger charge is 2.48. The standard InChI is InChI=1S/C20H16F5N5O5S2/c21-19(22)6-13(7-26)30(10-19)16(31)8-27-18(33)14-9-36-15(28-14)5-11-1-3-12(4-2-11)17(32)29-37(34,35)20(23,24)25/h1-4,9,13H,5-6,8,10H2,(H,27,33)(H,29,32)/t13-/m0/s1. The van der Waals surface area contributed by atoms with Gasteiger partial charge in [-0.1, -0.05) is 12.1 Å². The number of thiazole rings is 1. The number of halogens is 5. The molecule has 2 aromatic rings. The summed E-state index contributed by atoms with van der Waals surface area (Å²) in [4.78, 5) is 41.1. The maximum absolute atomic E-state index is 13.5. The van der Waals surface area contributed by atoms with Crippen molar-refractivity contribution in [2.45, 2.75) is 30.3 Å². The van der Waals surface area contributed by atoms with Gasteiger partial charge in [0.25, 0.3) is 17.7 Å².